The fraction of sp³-hybridized carbons (Fsp3) is 0.0909. The molecule has 28 heavy (non-hydrogen) atoms. The monoisotopic (exact) mass is 376 g/mol. The van der Waals surface area contributed by atoms with Crippen molar-refractivity contribution in [1.82, 2.24) is 0 Å². The standard InChI is InChI=1S/C22H20N2O4/c1-27-19-9-5-8-17(14-19)24-22(26)20(15-6-3-2-4-7-15)28-18-12-10-16(11-13-18)21(23)25/h2-14,20H,1H3,(H2,23,25)(H,24,26). The average molecular weight is 376 g/mol. The van der Waals surface area contributed by atoms with Crippen molar-refractivity contribution >= 4 is 17.5 Å². The number of nitrogens with one attached hydrogen (secondary N) is 1. The first-order valence-electron chi connectivity index (χ1n) is 8.63. The third kappa shape index (κ3) is 4.67. The van der Waals surface area contributed by atoms with Gasteiger partial charge in [-0.05, 0) is 36.4 Å². The minimum Gasteiger partial charge on any atom is -0.497 e. The summed E-state index contributed by atoms with van der Waals surface area (Å²) in [5, 5.41) is 2.85. The van der Waals surface area contributed by atoms with Crippen LogP contribution in [-0.2, 0) is 4.79 Å². The molecular formula is C22H20N2O4. The van der Waals surface area contributed by atoms with Crippen molar-refractivity contribution in [2.45, 2.75) is 6.10 Å². The summed E-state index contributed by atoms with van der Waals surface area (Å²) in [6.45, 7) is 0. The van der Waals surface area contributed by atoms with Crippen molar-refractivity contribution in [3.63, 3.8) is 0 Å². The maximum atomic E-state index is 12.9. The molecule has 6 heteroatoms. The zero-order valence-corrected chi connectivity index (χ0v) is 15.3. The second kappa shape index (κ2) is 8.73. The number of carbonyl (C=O) groups is 2. The molecule has 3 rings (SSSR count). The lowest BCUT2D eigenvalue weighted by atomic mass is 10.1. The molecule has 0 saturated carbocycles. The normalized spacial score (nSPS) is 11.3. The Morgan fingerprint density at radius 3 is 2.25 bits per heavy atom. The van der Waals surface area contributed by atoms with E-state index in [9.17, 15) is 9.59 Å². The lowest BCUT2D eigenvalue weighted by Crippen LogP contribution is -2.25. The van der Waals surface area contributed by atoms with Crippen molar-refractivity contribution < 1.29 is 19.1 Å². The molecule has 3 aromatic rings. The Morgan fingerprint density at radius 2 is 1.61 bits per heavy atom. The van der Waals surface area contributed by atoms with E-state index in [1.807, 2.05) is 30.3 Å². The number of rotatable bonds is 7. The number of carbonyl (C=O) groups excluding carboxylic acids is 2. The topological polar surface area (TPSA) is 90.7 Å². The maximum Gasteiger partial charge on any atom is 0.270 e. The van der Waals surface area contributed by atoms with E-state index in [0.29, 0.717) is 28.3 Å². The van der Waals surface area contributed by atoms with Crippen LogP contribution in [0.5, 0.6) is 11.5 Å². The van der Waals surface area contributed by atoms with Gasteiger partial charge in [-0.2, -0.15) is 0 Å². The Bertz CT molecular complexity index is 956. The minimum absolute atomic E-state index is 0.335. The highest BCUT2D eigenvalue weighted by Crippen LogP contribution is 2.25. The number of methoxy groups -OCH3 is 1. The van der Waals surface area contributed by atoms with E-state index in [1.165, 1.54) is 0 Å². The summed E-state index contributed by atoms with van der Waals surface area (Å²) in [7, 11) is 1.56. The molecule has 0 saturated heterocycles. The second-order valence-corrected chi connectivity index (χ2v) is 6.02. The molecule has 142 valence electrons. The molecule has 1 atom stereocenters. The molecule has 0 aliphatic carbocycles. The van der Waals surface area contributed by atoms with E-state index in [1.54, 1.807) is 55.6 Å². The number of anilines is 1. The number of hydrogen-bond donors (Lipinski definition) is 2. The van der Waals surface area contributed by atoms with Crippen LogP contribution >= 0.6 is 0 Å². The SMILES string of the molecule is COc1cccc(NC(=O)C(Oc2ccc(C(N)=O)cc2)c2ccccc2)c1. The number of ether oxygens (including phenoxy) is 2. The number of nitrogens with two attached hydrogens (primary N) is 1. The van der Waals surface area contributed by atoms with Gasteiger partial charge in [0.15, 0.2) is 0 Å². The van der Waals surface area contributed by atoms with Crippen LogP contribution in [-0.4, -0.2) is 18.9 Å². The van der Waals surface area contributed by atoms with Gasteiger partial charge in [0.2, 0.25) is 12.0 Å². The molecule has 3 N–H and O–H groups in total. The van der Waals surface area contributed by atoms with Crippen LogP contribution in [0.3, 0.4) is 0 Å². The molecule has 0 aromatic heterocycles. The van der Waals surface area contributed by atoms with Crippen molar-refractivity contribution in [1.29, 1.82) is 0 Å². The fourth-order valence-corrected chi connectivity index (χ4v) is 2.64. The quantitative estimate of drug-likeness (QED) is 0.660. The highest BCUT2D eigenvalue weighted by Gasteiger charge is 2.23. The van der Waals surface area contributed by atoms with Crippen LogP contribution in [0.4, 0.5) is 5.69 Å². The van der Waals surface area contributed by atoms with E-state index in [0.717, 1.165) is 0 Å². The number of amides is 2. The molecule has 2 amide bonds. The fourth-order valence-electron chi connectivity index (χ4n) is 2.64. The van der Waals surface area contributed by atoms with E-state index in [2.05, 4.69) is 5.32 Å². The van der Waals surface area contributed by atoms with Gasteiger partial charge in [-0.1, -0.05) is 36.4 Å². The van der Waals surface area contributed by atoms with Crippen LogP contribution in [0.2, 0.25) is 0 Å². The lowest BCUT2D eigenvalue weighted by molar-refractivity contribution is -0.123. The van der Waals surface area contributed by atoms with E-state index < -0.39 is 12.0 Å². The predicted molar refractivity (Wildman–Crippen MR) is 106 cm³/mol. The first-order valence-corrected chi connectivity index (χ1v) is 8.63. The van der Waals surface area contributed by atoms with Gasteiger partial charge in [0, 0.05) is 22.9 Å². The van der Waals surface area contributed by atoms with Crippen LogP contribution < -0.4 is 20.5 Å². The van der Waals surface area contributed by atoms with E-state index in [-0.39, 0.29) is 5.91 Å². The summed E-state index contributed by atoms with van der Waals surface area (Å²) in [5.74, 6) is 0.219. The Morgan fingerprint density at radius 1 is 0.893 bits per heavy atom. The lowest BCUT2D eigenvalue weighted by Gasteiger charge is -2.19. The Labute approximate surface area is 162 Å². The van der Waals surface area contributed by atoms with Gasteiger partial charge in [-0.3, -0.25) is 9.59 Å². The molecule has 1 unspecified atom stereocenters. The van der Waals surface area contributed by atoms with Gasteiger partial charge in [0.1, 0.15) is 11.5 Å². The van der Waals surface area contributed by atoms with Crippen molar-refractivity contribution in [3.8, 4) is 11.5 Å². The Hall–Kier alpha value is -3.80. The molecule has 0 heterocycles. The van der Waals surface area contributed by atoms with Crippen molar-refractivity contribution in [2.24, 2.45) is 5.73 Å². The highest BCUT2D eigenvalue weighted by molar-refractivity contribution is 5.95. The molecule has 0 fully saturated rings. The number of benzene rings is 3. The third-order valence-corrected chi connectivity index (χ3v) is 4.07. The van der Waals surface area contributed by atoms with Crippen LogP contribution in [0.1, 0.15) is 22.0 Å². The predicted octanol–water partition coefficient (Wildman–Crippen LogP) is 3.55. The molecule has 3 aromatic carbocycles. The van der Waals surface area contributed by atoms with E-state index in [4.69, 9.17) is 15.2 Å². The minimum atomic E-state index is -0.883. The Balaban J connectivity index is 1.84. The molecule has 0 spiro atoms. The zero-order valence-electron chi connectivity index (χ0n) is 15.3. The molecule has 0 aliphatic heterocycles. The highest BCUT2D eigenvalue weighted by atomic mass is 16.5. The van der Waals surface area contributed by atoms with Gasteiger partial charge in [0.25, 0.3) is 5.91 Å². The zero-order chi connectivity index (χ0) is 19.9. The average Bonchev–Trinajstić information content (AvgIpc) is 2.73. The summed E-state index contributed by atoms with van der Waals surface area (Å²) >= 11 is 0. The van der Waals surface area contributed by atoms with Gasteiger partial charge < -0.3 is 20.5 Å². The third-order valence-electron chi connectivity index (χ3n) is 4.07. The van der Waals surface area contributed by atoms with Crippen LogP contribution in [0.25, 0.3) is 0 Å². The van der Waals surface area contributed by atoms with Crippen LogP contribution in [0.15, 0.2) is 78.9 Å². The van der Waals surface area contributed by atoms with Gasteiger partial charge >= 0.3 is 0 Å². The summed E-state index contributed by atoms with van der Waals surface area (Å²) < 4.78 is 11.1. The molecular weight excluding hydrogens is 356 g/mol. The number of hydrogen-bond acceptors (Lipinski definition) is 4. The first kappa shape index (κ1) is 19.0. The van der Waals surface area contributed by atoms with Gasteiger partial charge in [0.05, 0.1) is 7.11 Å². The van der Waals surface area contributed by atoms with Crippen molar-refractivity contribution in [2.75, 3.05) is 12.4 Å². The molecule has 0 bridgehead atoms. The summed E-state index contributed by atoms with van der Waals surface area (Å²) in [4.78, 5) is 24.2. The summed E-state index contributed by atoms with van der Waals surface area (Å²) in [5.41, 5.74) is 6.92. The van der Waals surface area contributed by atoms with Gasteiger partial charge in [-0.15, -0.1) is 0 Å². The second-order valence-electron chi connectivity index (χ2n) is 6.02. The summed E-state index contributed by atoms with van der Waals surface area (Å²) in [6.07, 6.45) is -0.883. The Kier molecular flexibility index (Phi) is 5.91. The van der Waals surface area contributed by atoms with Crippen molar-refractivity contribution in [3.05, 3.63) is 90.0 Å². The maximum absolute atomic E-state index is 12.9. The molecule has 0 aliphatic rings. The molecule has 6 nitrogen and oxygen atoms in total. The van der Waals surface area contributed by atoms with Crippen LogP contribution in [0, 0.1) is 0 Å². The van der Waals surface area contributed by atoms with E-state index >= 15 is 0 Å². The molecule has 0 radical (unpaired) electrons. The summed E-state index contributed by atoms with van der Waals surface area (Å²) in [6, 6.07) is 22.6. The number of primary amides is 1. The smallest absolute Gasteiger partial charge is 0.270 e. The van der Waals surface area contributed by atoms with Gasteiger partial charge in [-0.25, -0.2) is 0 Å². The largest absolute Gasteiger partial charge is 0.497 e. The first-order chi connectivity index (χ1) is 13.6.